The molecule has 0 spiro atoms. The molecule has 0 unspecified atom stereocenters. The molecule has 0 radical (unpaired) electrons. The van der Waals surface area contributed by atoms with Crippen LogP contribution in [0.25, 0.3) is 0 Å². The maximum absolute atomic E-state index is 6.33. The van der Waals surface area contributed by atoms with Gasteiger partial charge in [-0.15, -0.1) is 0 Å². The van der Waals surface area contributed by atoms with Crippen molar-refractivity contribution in [2.45, 2.75) is 26.3 Å². The number of anilines is 3. The zero-order valence-corrected chi connectivity index (χ0v) is 16.7. The van der Waals surface area contributed by atoms with Crippen LogP contribution in [0.4, 0.5) is 17.5 Å². The molecule has 0 amide bonds. The van der Waals surface area contributed by atoms with Crippen molar-refractivity contribution in [3.05, 3.63) is 59.0 Å². The Morgan fingerprint density at radius 2 is 2.00 bits per heavy atom. The topological polar surface area (TPSA) is 70.9 Å². The van der Waals surface area contributed by atoms with Crippen LogP contribution < -0.4 is 15.6 Å². The van der Waals surface area contributed by atoms with Gasteiger partial charge in [0.1, 0.15) is 0 Å². The van der Waals surface area contributed by atoms with Crippen molar-refractivity contribution in [1.82, 2.24) is 25.2 Å². The Morgan fingerprint density at radius 3 is 2.67 bits per heavy atom. The van der Waals surface area contributed by atoms with Crippen molar-refractivity contribution in [3.63, 3.8) is 0 Å². The van der Waals surface area contributed by atoms with Crippen molar-refractivity contribution in [2.75, 3.05) is 24.4 Å². The number of rotatable bonds is 7. The van der Waals surface area contributed by atoms with E-state index in [1.165, 1.54) is 0 Å². The minimum Gasteiger partial charge on any atom is -0.314 e. The summed E-state index contributed by atoms with van der Waals surface area (Å²) in [6.07, 6.45) is 3.81. The Balaban J connectivity index is 1.93. The maximum atomic E-state index is 6.33. The molecule has 0 fully saturated rings. The lowest BCUT2D eigenvalue weighted by molar-refractivity contribution is 0.769. The van der Waals surface area contributed by atoms with Crippen LogP contribution in [0.3, 0.4) is 0 Å². The second-order valence-corrected chi connectivity index (χ2v) is 6.98. The van der Waals surface area contributed by atoms with E-state index in [0.29, 0.717) is 29.3 Å². The lowest BCUT2D eigenvalue weighted by Crippen LogP contribution is -2.19. The van der Waals surface area contributed by atoms with Crippen molar-refractivity contribution in [1.29, 1.82) is 0 Å². The lowest BCUT2D eigenvalue weighted by Gasteiger charge is -2.20. The molecule has 7 nitrogen and oxygen atoms in total. The molecule has 1 aromatic carbocycles. The van der Waals surface area contributed by atoms with Crippen LogP contribution in [0.5, 0.6) is 0 Å². The lowest BCUT2D eigenvalue weighted by atomic mass is 10.1. The van der Waals surface area contributed by atoms with E-state index in [1.54, 1.807) is 4.79 Å². The summed E-state index contributed by atoms with van der Waals surface area (Å²) in [6.45, 7) is 4.89. The summed E-state index contributed by atoms with van der Waals surface area (Å²) >= 11 is 6.33. The fourth-order valence-corrected chi connectivity index (χ4v) is 2.87. The highest BCUT2D eigenvalue weighted by Gasteiger charge is 2.13. The molecular weight excluding hydrogens is 362 g/mol. The van der Waals surface area contributed by atoms with E-state index in [1.807, 2.05) is 61.7 Å². The van der Waals surface area contributed by atoms with Gasteiger partial charge in [0.25, 0.3) is 0 Å². The largest absolute Gasteiger partial charge is 0.314 e. The zero-order chi connectivity index (χ0) is 19.4. The van der Waals surface area contributed by atoms with Gasteiger partial charge in [0, 0.05) is 19.7 Å². The molecular formula is C19H24ClN7. The number of hydrogen-bond donors (Lipinski definition) is 2. The third-order valence-electron chi connectivity index (χ3n) is 4.14. The number of benzene rings is 1. The van der Waals surface area contributed by atoms with Crippen molar-refractivity contribution < 1.29 is 0 Å². The van der Waals surface area contributed by atoms with Crippen LogP contribution in [0.2, 0.25) is 5.02 Å². The van der Waals surface area contributed by atoms with Crippen LogP contribution in [-0.4, -0.2) is 34.0 Å². The van der Waals surface area contributed by atoms with E-state index in [2.05, 4.69) is 39.7 Å². The molecule has 0 saturated heterocycles. The molecule has 0 saturated carbocycles. The fourth-order valence-electron chi connectivity index (χ4n) is 2.61. The van der Waals surface area contributed by atoms with E-state index in [4.69, 9.17) is 11.6 Å². The van der Waals surface area contributed by atoms with Gasteiger partial charge in [0.05, 0.1) is 28.8 Å². The molecule has 142 valence electrons. The van der Waals surface area contributed by atoms with Gasteiger partial charge in [-0.3, -0.25) is 5.43 Å². The highest BCUT2D eigenvalue weighted by atomic mass is 35.5. The third kappa shape index (κ3) is 4.56. The molecule has 2 N–H and O–H groups in total. The first-order valence-corrected chi connectivity index (χ1v) is 9.18. The van der Waals surface area contributed by atoms with E-state index >= 15 is 0 Å². The predicted octanol–water partition coefficient (Wildman–Crippen LogP) is 3.81. The standard InChI is InChI=1S/C19H24ClN7/c1-13(2)14-10-22-27(12-14)25-18-9-15(11-21-3)23-19(24-18)26(4)17-8-6-5-7-16(17)20/h5-10,12-13,21H,11H2,1-4H3,(H,23,24,25). The first-order valence-electron chi connectivity index (χ1n) is 8.80. The van der Waals surface area contributed by atoms with Gasteiger partial charge in [-0.2, -0.15) is 14.9 Å². The summed E-state index contributed by atoms with van der Waals surface area (Å²) < 4.78 is 0. The van der Waals surface area contributed by atoms with Gasteiger partial charge in [-0.05, 0) is 30.7 Å². The van der Waals surface area contributed by atoms with Gasteiger partial charge in [-0.25, -0.2) is 4.98 Å². The number of nitrogens with zero attached hydrogens (tertiary/aromatic N) is 5. The van der Waals surface area contributed by atoms with Crippen molar-refractivity contribution in [2.24, 2.45) is 0 Å². The molecule has 0 aliphatic rings. The van der Waals surface area contributed by atoms with E-state index in [0.717, 1.165) is 16.9 Å². The number of hydrogen-bond acceptors (Lipinski definition) is 6. The normalized spacial score (nSPS) is 11.0. The van der Waals surface area contributed by atoms with Crippen molar-refractivity contribution >= 4 is 29.1 Å². The van der Waals surface area contributed by atoms with Crippen LogP contribution in [-0.2, 0) is 6.54 Å². The average molecular weight is 386 g/mol. The summed E-state index contributed by atoms with van der Waals surface area (Å²) in [5.74, 6) is 1.62. The van der Waals surface area contributed by atoms with Crippen molar-refractivity contribution in [3.8, 4) is 0 Å². The highest BCUT2D eigenvalue weighted by molar-refractivity contribution is 6.33. The van der Waals surface area contributed by atoms with Gasteiger partial charge in [0.15, 0.2) is 5.82 Å². The van der Waals surface area contributed by atoms with Gasteiger partial charge in [-0.1, -0.05) is 37.6 Å². The Bertz CT molecular complexity index is 907. The molecule has 2 aromatic heterocycles. The zero-order valence-electron chi connectivity index (χ0n) is 15.9. The Hall–Kier alpha value is -2.64. The molecule has 0 aliphatic heterocycles. The van der Waals surface area contributed by atoms with Crippen LogP contribution >= 0.6 is 11.6 Å². The maximum Gasteiger partial charge on any atom is 0.231 e. The summed E-state index contributed by atoms with van der Waals surface area (Å²) in [5.41, 5.74) is 6.06. The summed E-state index contributed by atoms with van der Waals surface area (Å²) in [7, 11) is 3.78. The number of halogens is 1. The summed E-state index contributed by atoms with van der Waals surface area (Å²) in [4.78, 5) is 12.8. The van der Waals surface area contributed by atoms with E-state index in [-0.39, 0.29) is 0 Å². The molecule has 27 heavy (non-hydrogen) atoms. The second-order valence-electron chi connectivity index (χ2n) is 6.57. The van der Waals surface area contributed by atoms with Crippen LogP contribution in [0.1, 0.15) is 31.0 Å². The smallest absolute Gasteiger partial charge is 0.231 e. The Kier molecular flexibility index (Phi) is 5.93. The molecule has 0 atom stereocenters. The highest BCUT2D eigenvalue weighted by Crippen LogP contribution is 2.29. The van der Waals surface area contributed by atoms with Gasteiger partial charge in [0.2, 0.25) is 5.95 Å². The molecule has 0 bridgehead atoms. The predicted molar refractivity (Wildman–Crippen MR) is 110 cm³/mol. The molecule has 8 heteroatoms. The SMILES string of the molecule is CNCc1cc(Nn2cc(C(C)C)cn2)nc(N(C)c2ccccc2Cl)n1. The Morgan fingerprint density at radius 1 is 1.22 bits per heavy atom. The molecule has 0 aliphatic carbocycles. The number of aromatic nitrogens is 4. The minimum absolute atomic E-state index is 0.410. The first kappa shape index (κ1) is 19.1. The fraction of sp³-hybridized carbons (Fsp3) is 0.316. The molecule has 2 heterocycles. The third-order valence-corrected chi connectivity index (χ3v) is 4.46. The summed E-state index contributed by atoms with van der Waals surface area (Å²) in [6, 6.07) is 9.52. The summed E-state index contributed by atoms with van der Waals surface area (Å²) in [5, 5.41) is 8.12. The minimum atomic E-state index is 0.410. The van der Waals surface area contributed by atoms with E-state index < -0.39 is 0 Å². The number of nitrogens with one attached hydrogen (secondary N) is 2. The second kappa shape index (κ2) is 8.37. The average Bonchev–Trinajstić information content (AvgIpc) is 3.10. The molecule has 3 rings (SSSR count). The van der Waals surface area contributed by atoms with Crippen LogP contribution in [0.15, 0.2) is 42.7 Å². The van der Waals surface area contributed by atoms with E-state index in [9.17, 15) is 0 Å². The van der Waals surface area contributed by atoms with Crippen LogP contribution in [0, 0.1) is 0 Å². The van der Waals surface area contributed by atoms with Gasteiger partial charge < -0.3 is 10.2 Å². The monoisotopic (exact) mass is 385 g/mol. The number of para-hydroxylation sites is 1. The molecule has 3 aromatic rings. The first-order chi connectivity index (χ1) is 13.0. The van der Waals surface area contributed by atoms with Gasteiger partial charge >= 0.3 is 0 Å². The Labute approximate surface area is 164 Å². The quantitative estimate of drug-likeness (QED) is 0.644.